The smallest absolute Gasteiger partial charge is 0.363 e. The molecule has 138 valence electrons. The highest BCUT2D eigenvalue weighted by Crippen LogP contribution is 2.32. The molecule has 0 saturated carbocycles. The Hall–Kier alpha value is -1.73. The Labute approximate surface area is 185 Å². The largest absolute Gasteiger partial charge is 0.495 e. The summed E-state index contributed by atoms with van der Waals surface area (Å²) in [6, 6.07) is 7.64. The third kappa shape index (κ3) is 4.24. The van der Waals surface area contributed by atoms with Crippen LogP contribution in [0.1, 0.15) is 11.1 Å². The number of carbonyl (C=O) groups excluding carboxylic acids is 1. The normalized spacial score (nSPS) is 14.9. The van der Waals surface area contributed by atoms with Crippen LogP contribution in [0.3, 0.4) is 0 Å². The van der Waals surface area contributed by atoms with E-state index in [1.54, 1.807) is 13.2 Å². The highest BCUT2D eigenvalue weighted by Gasteiger charge is 2.27. The Kier molecular flexibility index (Phi) is 6.01. The average molecular weight is 611 g/mol. The van der Waals surface area contributed by atoms with Crippen LogP contribution in [0.2, 0.25) is 5.02 Å². The molecule has 0 aliphatic carbocycles. The molecule has 0 saturated heterocycles. The fourth-order valence-electron chi connectivity index (χ4n) is 2.37. The van der Waals surface area contributed by atoms with Gasteiger partial charge in [0, 0.05) is 21.3 Å². The van der Waals surface area contributed by atoms with Gasteiger partial charge in [-0.25, -0.2) is 9.79 Å². The molecule has 10 heteroatoms. The van der Waals surface area contributed by atoms with Crippen molar-refractivity contribution in [3.63, 3.8) is 0 Å². The van der Waals surface area contributed by atoms with E-state index < -0.39 is 10.9 Å². The number of carbonyl (C=O) groups is 1. The number of halogens is 3. The van der Waals surface area contributed by atoms with Crippen molar-refractivity contribution >= 4 is 80.4 Å². The molecule has 3 rings (SSSR count). The summed E-state index contributed by atoms with van der Waals surface area (Å²) in [7, 11) is 1.55. The summed E-state index contributed by atoms with van der Waals surface area (Å²) in [5, 5.41) is 10.9. The Balaban J connectivity index is 2.03. The monoisotopic (exact) mass is 610 g/mol. The van der Waals surface area contributed by atoms with E-state index >= 15 is 0 Å². The first-order valence-corrected chi connectivity index (χ1v) is 9.83. The first-order chi connectivity index (χ1) is 12.8. The molecule has 0 aromatic heterocycles. The van der Waals surface area contributed by atoms with Gasteiger partial charge >= 0.3 is 5.97 Å². The van der Waals surface area contributed by atoms with Crippen molar-refractivity contribution in [3.05, 3.63) is 69.4 Å². The maximum Gasteiger partial charge on any atom is 0.363 e. The molecular formula is C17H9ClI2N2O5. The van der Waals surface area contributed by atoms with Crippen LogP contribution < -0.4 is 4.74 Å². The average Bonchev–Trinajstić information content (AvgIpc) is 2.94. The molecule has 0 unspecified atom stereocenters. The molecular weight excluding hydrogens is 601 g/mol. The van der Waals surface area contributed by atoms with E-state index in [1.807, 2.05) is 12.1 Å². The number of non-ortho nitro benzene ring substituents is 1. The number of esters is 1. The summed E-state index contributed by atoms with van der Waals surface area (Å²) in [6.45, 7) is 0. The van der Waals surface area contributed by atoms with Gasteiger partial charge < -0.3 is 9.47 Å². The SMILES string of the molecule is COc1c(I)cc(I)cc1/C=C1\N=C(c2ccc([N+](=O)[O-])cc2Cl)OC1=O. The molecule has 2 aromatic rings. The highest BCUT2D eigenvalue weighted by molar-refractivity contribution is 14.1. The van der Waals surface area contributed by atoms with Gasteiger partial charge in [0.25, 0.3) is 5.69 Å². The number of hydrogen-bond donors (Lipinski definition) is 0. The van der Waals surface area contributed by atoms with Crippen molar-refractivity contribution in [2.45, 2.75) is 0 Å². The first-order valence-electron chi connectivity index (χ1n) is 7.30. The van der Waals surface area contributed by atoms with Gasteiger partial charge in [0.05, 0.1) is 26.2 Å². The van der Waals surface area contributed by atoms with Crippen molar-refractivity contribution < 1.29 is 19.2 Å². The van der Waals surface area contributed by atoms with Crippen LogP contribution in [0.15, 0.2) is 41.0 Å². The van der Waals surface area contributed by atoms with E-state index in [2.05, 4.69) is 50.2 Å². The van der Waals surface area contributed by atoms with Crippen molar-refractivity contribution in [2.24, 2.45) is 4.99 Å². The molecule has 0 spiro atoms. The van der Waals surface area contributed by atoms with Gasteiger partial charge in [-0.2, -0.15) is 0 Å². The van der Waals surface area contributed by atoms with Crippen molar-refractivity contribution in [3.8, 4) is 5.75 Å². The molecule has 0 bridgehead atoms. The van der Waals surface area contributed by atoms with Gasteiger partial charge in [-0.15, -0.1) is 0 Å². The topological polar surface area (TPSA) is 91.0 Å². The molecule has 0 fully saturated rings. The number of nitro groups is 1. The summed E-state index contributed by atoms with van der Waals surface area (Å²) < 4.78 is 12.5. The van der Waals surface area contributed by atoms with Gasteiger partial charge in [-0.3, -0.25) is 10.1 Å². The quantitative estimate of drug-likeness (QED) is 0.163. The van der Waals surface area contributed by atoms with Crippen LogP contribution in [0, 0.1) is 17.3 Å². The lowest BCUT2D eigenvalue weighted by Crippen LogP contribution is -2.06. The molecule has 0 N–H and O–H groups in total. The minimum Gasteiger partial charge on any atom is -0.495 e. The highest BCUT2D eigenvalue weighted by atomic mass is 127. The van der Waals surface area contributed by atoms with Crippen molar-refractivity contribution in [1.82, 2.24) is 0 Å². The Morgan fingerprint density at radius 1 is 1.30 bits per heavy atom. The van der Waals surface area contributed by atoms with E-state index in [9.17, 15) is 14.9 Å². The van der Waals surface area contributed by atoms with Crippen LogP contribution >= 0.6 is 56.8 Å². The first kappa shape index (κ1) is 20.0. The summed E-state index contributed by atoms with van der Waals surface area (Å²) >= 11 is 10.4. The Morgan fingerprint density at radius 2 is 2.04 bits per heavy atom. The maximum atomic E-state index is 12.2. The number of benzene rings is 2. The van der Waals surface area contributed by atoms with Gasteiger partial charge in [0.2, 0.25) is 5.90 Å². The molecule has 1 aliphatic rings. The molecule has 2 aromatic carbocycles. The third-order valence-electron chi connectivity index (χ3n) is 3.55. The Bertz CT molecular complexity index is 1040. The van der Waals surface area contributed by atoms with Crippen molar-refractivity contribution in [2.75, 3.05) is 7.11 Å². The fourth-order valence-corrected chi connectivity index (χ4v) is 4.73. The number of methoxy groups -OCH3 is 1. The second-order valence-electron chi connectivity index (χ2n) is 5.27. The zero-order valence-corrected chi connectivity index (χ0v) is 18.6. The number of aliphatic imine (C=N–C) groups is 1. The van der Waals surface area contributed by atoms with Crippen LogP contribution in [-0.4, -0.2) is 23.9 Å². The minimum absolute atomic E-state index is 0.00885. The minimum atomic E-state index is -0.643. The lowest BCUT2D eigenvalue weighted by atomic mass is 10.1. The summed E-state index contributed by atoms with van der Waals surface area (Å²) in [5.74, 6) is -0.0332. The second-order valence-corrected chi connectivity index (χ2v) is 8.08. The van der Waals surface area contributed by atoms with E-state index in [-0.39, 0.29) is 22.3 Å². The molecule has 7 nitrogen and oxygen atoms in total. The van der Waals surface area contributed by atoms with Crippen LogP contribution in [0.4, 0.5) is 5.69 Å². The van der Waals surface area contributed by atoms with Crippen molar-refractivity contribution in [1.29, 1.82) is 0 Å². The zero-order valence-electron chi connectivity index (χ0n) is 13.5. The maximum absolute atomic E-state index is 12.2. The van der Waals surface area contributed by atoms with Crippen LogP contribution in [0.25, 0.3) is 6.08 Å². The number of cyclic esters (lactones) is 1. The molecule has 0 radical (unpaired) electrons. The molecule has 0 atom stereocenters. The number of nitro benzene ring substituents is 1. The van der Waals surface area contributed by atoms with Crippen LogP contribution in [-0.2, 0) is 9.53 Å². The van der Waals surface area contributed by atoms with Gasteiger partial charge in [-0.1, -0.05) is 11.6 Å². The zero-order chi connectivity index (χ0) is 19.7. The predicted octanol–water partition coefficient (Wildman–Crippen LogP) is 4.81. The van der Waals surface area contributed by atoms with Crippen LogP contribution in [0.5, 0.6) is 5.75 Å². The molecule has 1 aliphatic heterocycles. The van der Waals surface area contributed by atoms with Gasteiger partial charge in [0.15, 0.2) is 5.70 Å². The van der Waals surface area contributed by atoms with E-state index in [0.717, 1.165) is 7.14 Å². The van der Waals surface area contributed by atoms with Gasteiger partial charge in [-0.05, 0) is 69.5 Å². The van der Waals surface area contributed by atoms with E-state index in [4.69, 9.17) is 21.1 Å². The number of ether oxygens (including phenoxy) is 2. The molecule has 0 amide bonds. The van der Waals surface area contributed by atoms with E-state index in [1.165, 1.54) is 18.2 Å². The van der Waals surface area contributed by atoms with Gasteiger partial charge in [0.1, 0.15) is 5.75 Å². The molecule has 27 heavy (non-hydrogen) atoms. The number of rotatable bonds is 4. The van der Waals surface area contributed by atoms with E-state index in [0.29, 0.717) is 16.9 Å². The second kappa shape index (κ2) is 8.10. The standard InChI is InChI=1S/C17H9ClI2N2O5/c1-26-15-8(4-9(19)6-13(15)20)5-14-17(23)27-16(21-14)11-3-2-10(22(24)25)7-12(11)18/h2-7H,1H3/b14-5-. The summed E-state index contributed by atoms with van der Waals surface area (Å²) in [6.07, 6.45) is 1.57. The fraction of sp³-hybridized carbons (Fsp3) is 0.0588. The molecule has 1 heterocycles. The summed E-state index contributed by atoms with van der Waals surface area (Å²) in [4.78, 5) is 26.7. The number of hydrogen-bond acceptors (Lipinski definition) is 6. The lowest BCUT2D eigenvalue weighted by molar-refractivity contribution is -0.384. The Morgan fingerprint density at radius 3 is 2.67 bits per heavy atom. The summed E-state index contributed by atoms with van der Waals surface area (Å²) in [5.41, 5.74) is 0.891. The predicted molar refractivity (Wildman–Crippen MR) is 117 cm³/mol. The number of nitrogens with zero attached hydrogens (tertiary/aromatic N) is 2. The third-order valence-corrected chi connectivity index (χ3v) is 5.28. The lowest BCUT2D eigenvalue weighted by Gasteiger charge is -2.08.